The quantitative estimate of drug-likeness (QED) is 0.251. The fourth-order valence-corrected chi connectivity index (χ4v) is 0.640. The van der Waals surface area contributed by atoms with E-state index < -0.39 is 0 Å². The minimum absolute atomic E-state index is 0. The van der Waals surface area contributed by atoms with Gasteiger partial charge in [-0.05, 0) is 20.8 Å². The summed E-state index contributed by atoms with van der Waals surface area (Å²) in [5.41, 5.74) is -0.119. The molecule has 12 heavy (non-hydrogen) atoms. The molecule has 0 aromatic heterocycles. The third-order valence-electron chi connectivity index (χ3n) is 0.838. The monoisotopic (exact) mass is 216 g/mol. The Balaban J connectivity index is 0. The summed E-state index contributed by atoms with van der Waals surface area (Å²) >= 11 is 9.08. The third-order valence-corrected chi connectivity index (χ3v) is 1.07. The van der Waals surface area contributed by atoms with Crippen LogP contribution < -0.4 is 29.6 Å². The molecule has 0 aliphatic carbocycles. The van der Waals surface area contributed by atoms with Gasteiger partial charge in [-0.2, -0.15) is 0 Å². The van der Waals surface area contributed by atoms with Crippen LogP contribution in [0, 0.1) is 0 Å². The first-order valence-corrected chi connectivity index (χ1v) is 4.21. The maximum absolute atomic E-state index is 5.35. The smallest absolute Gasteiger partial charge is 0.511 e. The largest absolute Gasteiger partial charge is 1.00 e. The Labute approximate surface area is 107 Å². The fraction of sp³-hybridized carbons (Fsp3) is 0.857. The average Bonchev–Trinajstić information content (AvgIpc) is 1.78. The van der Waals surface area contributed by atoms with E-state index in [1.165, 1.54) is 0 Å². The normalized spacial score (nSPS) is 10.2. The van der Waals surface area contributed by atoms with Gasteiger partial charge >= 0.3 is 29.6 Å². The molecule has 0 rings (SSSR count). The molecule has 5 heteroatoms. The van der Waals surface area contributed by atoms with E-state index in [4.69, 9.17) is 9.47 Å². The minimum Gasteiger partial charge on any atom is -0.511 e. The molecule has 0 fully saturated rings. The van der Waals surface area contributed by atoms with Gasteiger partial charge in [0.05, 0.1) is 12.2 Å². The van der Waals surface area contributed by atoms with Gasteiger partial charge in [0, 0.05) is 4.38 Å². The van der Waals surface area contributed by atoms with E-state index >= 15 is 0 Å². The summed E-state index contributed by atoms with van der Waals surface area (Å²) in [7, 11) is 0. The molecule has 0 amide bonds. The standard InChI is InChI=1S/C7H14O2S2.Na/c1-7(2,3)9-5-4-8-6(10)11;/h4-5H2,1-3H3,(H,10,11);/q;+1/p-1. The van der Waals surface area contributed by atoms with Crippen LogP contribution in [0.15, 0.2) is 0 Å². The predicted octanol–water partition coefficient (Wildman–Crippen LogP) is -1.35. The van der Waals surface area contributed by atoms with Crippen LogP contribution >= 0.6 is 12.2 Å². The Morgan fingerprint density at radius 2 is 1.83 bits per heavy atom. The second-order valence-corrected chi connectivity index (χ2v) is 4.06. The molecule has 0 saturated carbocycles. The number of thiocarbonyl (C=S) groups is 1. The first kappa shape index (κ1) is 15.5. The summed E-state index contributed by atoms with van der Waals surface area (Å²) in [4.78, 5) is 0. The summed E-state index contributed by atoms with van der Waals surface area (Å²) in [6.07, 6.45) is 0. The van der Waals surface area contributed by atoms with Crippen LogP contribution in [-0.2, 0) is 22.1 Å². The second-order valence-electron chi connectivity index (χ2n) is 3.06. The van der Waals surface area contributed by atoms with Gasteiger partial charge in [-0.1, -0.05) is 0 Å². The predicted molar refractivity (Wildman–Crippen MR) is 51.6 cm³/mol. The van der Waals surface area contributed by atoms with Crippen molar-refractivity contribution in [3.8, 4) is 0 Å². The van der Waals surface area contributed by atoms with E-state index in [-0.39, 0.29) is 39.5 Å². The van der Waals surface area contributed by atoms with Gasteiger partial charge in [-0.3, -0.25) is 0 Å². The first-order valence-electron chi connectivity index (χ1n) is 3.39. The number of hydrogen-bond acceptors (Lipinski definition) is 4. The van der Waals surface area contributed by atoms with Crippen LogP contribution in [0.1, 0.15) is 20.8 Å². The van der Waals surface area contributed by atoms with Crippen molar-refractivity contribution >= 4 is 29.2 Å². The minimum atomic E-state index is -0.119. The summed E-state index contributed by atoms with van der Waals surface area (Å²) in [5, 5.41) is 0. The number of rotatable bonds is 3. The van der Waals surface area contributed by atoms with Crippen molar-refractivity contribution in [1.29, 1.82) is 0 Å². The van der Waals surface area contributed by atoms with Crippen molar-refractivity contribution in [2.45, 2.75) is 26.4 Å². The van der Waals surface area contributed by atoms with Crippen LogP contribution in [0.3, 0.4) is 0 Å². The van der Waals surface area contributed by atoms with Crippen molar-refractivity contribution in [2.75, 3.05) is 13.2 Å². The molecule has 66 valence electrons. The Kier molecular flexibility index (Phi) is 9.67. The third kappa shape index (κ3) is 13.6. The second kappa shape index (κ2) is 7.47. The van der Waals surface area contributed by atoms with Gasteiger partial charge in [0.2, 0.25) is 0 Å². The molecule has 0 radical (unpaired) electrons. The van der Waals surface area contributed by atoms with Crippen LogP contribution in [0.5, 0.6) is 0 Å². The van der Waals surface area contributed by atoms with Crippen LogP contribution in [0.25, 0.3) is 0 Å². The molecule has 0 heterocycles. The fourth-order valence-electron chi connectivity index (χ4n) is 0.473. The van der Waals surface area contributed by atoms with Crippen LogP contribution in [0.4, 0.5) is 0 Å². The molecular formula is C7H13NaO2S2. The molecule has 0 aromatic rings. The van der Waals surface area contributed by atoms with E-state index in [2.05, 4.69) is 24.8 Å². The number of ether oxygens (including phenoxy) is 2. The first-order chi connectivity index (χ1) is 4.92. The van der Waals surface area contributed by atoms with Gasteiger partial charge in [0.1, 0.15) is 6.61 Å². The maximum atomic E-state index is 5.35. The Hall–Kier alpha value is 1.07. The molecule has 0 N–H and O–H groups in total. The van der Waals surface area contributed by atoms with Crippen LogP contribution in [-0.4, -0.2) is 23.2 Å². The Morgan fingerprint density at radius 3 is 2.17 bits per heavy atom. The molecule has 0 aromatic carbocycles. The van der Waals surface area contributed by atoms with E-state index in [9.17, 15) is 0 Å². The Morgan fingerprint density at radius 1 is 1.33 bits per heavy atom. The molecule has 0 spiro atoms. The molecule has 2 nitrogen and oxygen atoms in total. The van der Waals surface area contributed by atoms with Crippen molar-refractivity contribution < 1.29 is 39.0 Å². The molecule has 0 aliphatic rings. The zero-order chi connectivity index (χ0) is 8.91. The van der Waals surface area contributed by atoms with Crippen molar-refractivity contribution in [3.05, 3.63) is 0 Å². The SMILES string of the molecule is CC(C)(C)OCCOC(=S)[S-].[Na+]. The number of hydrogen-bond donors (Lipinski definition) is 0. The summed E-state index contributed by atoms with van der Waals surface area (Å²) < 4.78 is 10.4. The molecule has 0 saturated heterocycles. The molecule has 0 aliphatic heterocycles. The van der Waals surface area contributed by atoms with Crippen molar-refractivity contribution in [1.82, 2.24) is 0 Å². The van der Waals surface area contributed by atoms with Gasteiger partial charge in [-0.15, -0.1) is 0 Å². The van der Waals surface area contributed by atoms with Gasteiger partial charge in [0.25, 0.3) is 0 Å². The van der Waals surface area contributed by atoms with Crippen molar-refractivity contribution in [2.24, 2.45) is 0 Å². The van der Waals surface area contributed by atoms with E-state index in [1.807, 2.05) is 20.8 Å². The summed E-state index contributed by atoms with van der Waals surface area (Å²) in [5.74, 6) is 0. The molecule has 0 unspecified atom stereocenters. The van der Waals surface area contributed by atoms with E-state index in [1.54, 1.807) is 0 Å². The van der Waals surface area contributed by atoms with Crippen LogP contribution in [0.2, 0.25) is 0 Å². The van der Waals surface area contributed by atoms with E-state index in [0.717, 1.165) is 0 Å². The topological polar surface area (TPSA) is 18.5 Å². The van der Waals surface area contributed by atoms with Gasteiger partial charge in [-0.25, -0.2) is 0 Å². The molecule has 0 atom stereocenters. The van der Waals surface area contributed by atoms with Gasteiger partial charge < -0.3 is 34.3 Å². The summed E-state index contributed by atoms with van der Waals surface area (Å²) in [6, 6.07) is 0. The zero-order valence-electron chi connectivity index (χ0n) is 8.05. The van der Waals surface area contributed by atoms with Gasteiger partial charge in [0.15, 0.2) is 0 Å². The Bertz CT molecular complexity index is 134. The average molecular weight is 216 g/mol. The maximum Gasteiger partial charge on any atom is 1.00 e. The zero-order valence-corrected chi connectivity index (χ0v) is 11.7. The molecule has 0 bridgehead atoms. The van der Waals surface area contributed by atoms with Crippen molar-refractivity contribution in [3.63, 3.8) is 0 Å². The summed E-state index contributed by atoms with van der Waals surface area (Å²) in [6.45, 7) is 6.93. The molecular weight excluding hydrogens is 203 g/mol. The van der Waals surface area contributed by atoms with E-state index in [0.29, 0.717) is 13.2 Å².